The van der Waals surface area contributed by atoms with Gasteiger partial charge in [-0.1, -0.05) is 17.7 Å². The third-order valence-electron chi connectivity index (χ3n) is 3.78. The Hall–Kier alpha value is -2.59. The molecule has 1 unspecified atom stereocenters. The molecule has 3 rings (SSSR count). The number of carbonyl (C=O) groups is 1. The summed E-state index contributed by atoms with van der Waals surface area (Å²) in [5.41, 5.74) is 0.320. The number of nitrogens with zero attached hydrogens (tertiary/aromatic N) is 3. The normalized spacial score (nSPS) is 13.8. The first-order valence-electron chi connectivity index (χ1n) is 8.23. The van der Waals surface area contributed by atoms with E-state index < -0.39 is 24.4 Å². The van der Waals surface area contributed by atoms with Crippen LogP contribution in [-0.2, 0) is 11.3 Å². The van der Waals surface area contributed by atoms with Crippen LogP contribution < -0.4 is 10.0 Å². The molecule has 0 fully saturated rings. The van der Waals surface area contributed by atoms with Crippen molar-refractivity contribution in [2.45, 2.75) is 31.0 Å². The summed E-state index contributed by atoms with van der Waals surface area (Å²) in [6.45, 7) is 1.47. The van der Waals surface area contributed by atoms with E-state index in [4.69, 9.17) is 16.9 Å². The highest BCUT2D eigenvalue weighted by Gasteiger charge is 2.33. The Morgan fingerprint density at radius 2 is 2.20 bits per heavy atom. The van der Waals surface area contributed by atoms with Gasteiger partial charge in [0.25, 0.3) is 5.91 Å². The second-order valence-corrected chi connectivity index (χ2v) is 7.17. The number of allylic oxidation sites excluding steroid dienone is 1. The molecule has 0 saturated carbocycles. The second-order valence-electron chi connectivity index (χ2n) is 5.95. The summed E-state index contributed by atoms with van der Waals surface area (Å²) in [5, 5.41) is 11.3. The number of halogens is 5. The highest BCUT2D eigenvalue weighted by atomic mass is 35.5. The highest BCUT2D eigenvalue weighted by Crippen LogP contribution is 2.38. The summed E-state index contributed by atoms with van der Waals surface area (Å²) in [6.07, 6.45) is -2.79. The van der Waals surface area contributed by atoms with Crippen LogP contribution in [0.3, 0.4) is 0 Å². The maximum Gasteiger partial charge on any atom is 0.524 e. The predicted octanol–water partition coefficient (Wildman–Crippen LogP) is 4.31. The monoisotopic (exact) mass is 461 g/mol. The van der Waals surface area contributed by atoms with Gasteiger partial charge >= 0.3 is 6.36 Å². The number of fused-ring (bicyclic) bond motifs is 1. The van der Waals surface area contributed by atoms with Gasteiger partial charge in [-0.25, -0.2) is 9.71 Å². The highest BCUT2D eigenvalue weighted by molar-refractivity contribution is 7.97. The van der Waals surface area contributed by atoms with Crippen LogP contribution in [0.4, 0.5) is 23.2 Å². The van der Waals surface area contributed by atoms with Gasteiger partial charge in [-0.3, -0.25) is 9.53 Å². The number of nitrogens with one attached hydrogen (secondary N) is 2. The fourth-order valence-corrected chi connectivity index (χ4v) is 3.91. The Morgan fingerprint density at radius 3 is 2.87 bits per heavy atom. The molecule has 2 aromatic heterocycles. The van der Waals surface area contributed by atoms with Crippen LogP contribution in [0.15, 0.2) is 23.1 Å². The molecule has 3 heterocycles. The topological polar surface area (TPSA) is 92.0 Å². The summed E-state index contributed by atoms with van der Waals surface area (Å²) >= 11 is 7.12. The van der Waals surface area contributed by atoms with Gasteiger partial charge in [0.05, 0.1) is 15.6 Å². The lowest BCUT2D eigenvalue weighted by molar-refractivity contribution is -0.341. The van der Waals surface area contributed by atoms with Gasteiger partial charge in [-0.15, -0.1) is 13.2 Å². The van der Waals surface area contributed by atoms with Crippen molar-refractivity contribution < 1.29 is 27.1 Å². The van der Waals surface area contributed by atoms with Crippen LogP contribution >= 0.6 is 23.5 Å². The lowest BCUT2D eigenvalue weighted by Gasteiger charge is -2.15. The quantitative estimate of drug-likeness (QED) is 0.288. The van der Waals surface area contributed by atoms with Crippen LogP contribution in [0.5, 0.6) is 0 Å². The number of aromatic nitrogens is 2. The number of hydrogen-bond donors (Lipinski definition) is 2. The molecule has 158 valence electrons. The number of hydrogen-bond acceptors (Lipinski definition) is 6. The zero-order valence-electron chi connectivity index (χ0n) is 15.1. The van der Waals surface area contributed by atoms with E-state index in [-0.39, 0.29) is 22.1 Å². The molecule has 1 amide bonds. The average Bonchev–Trinajstić information content (AvgIpc) is 3.18. The Bertz CT molecular complexity index is 1060. The standard InChI is InChI=1S/C17H12ClF4N5O2S/c1-8(29-17(20,21)22)26-30-15-11-3-2-4-27(11)14(13(15)18)16(28)25-9-5-10(7-23)24-12(19)6-9/h2-3,5-6,8,26H,4H2,1H3,(H,24,25,28). The second kappa shape index (κ2) is 8.65. The van der Waals surface area contributed by atoms with Crippen molar-refractivity contribution in [3.8, 4) is 6.07 Å². The summed E-state index contributed by atoms with van der Waals surface area (Å²) in [6, 6.07) is 3.80. The van der Waals surface area contributed by atoms with Crippen molar-refractivity contribution >= 4 is 41.2 Å². The fraction of sp³-hybridized carbons (Fsp3) is 0.235. The third kappa shape index (κ3) is 4.93. The van der Waals surface area contributed by atoms with Gasteiger partial charge in [0.1, 0.15) is 23.7 Å². The van der Waals surface area contributed by atoms with Gasteiger partial charge in [0.15, 0.2) is 0 Å². The lowest BCUT2D eigenvalue weighted by atomic mass is 10.3. The molecular weight excluding hydrogens is 450 g/mol. The van der Waals surface area contributed by atoms with Gasteiger partial charge in [-0.05, 0) is 31.0 Å². The number of anilines is 1. The van der Waals surface area contributed by atoms with Crippen LogP contribution in [-0.4, -0.2) is 28.0 Å². The van der Waals surface area contributed by atoms with Gasteiger partial charge in [-0.2, -0.15) is 9.65 Å². The molecule has 0 aromatic carbocycles. The minimum atomic E-state index is -4.81. The minimum Gasteiger partial charge on any atom is -0.331 e. The number of nitriles is 1. The van der Waals surface area contributed by atoms with Crippen molar-refractivity contribution in [1.29, 1.82) is 5.26 Å². The van der Waals surface area contributed by atoms with Gasteiger partial charge < -0.3 is 9.88 Å². The molecular formula is C17H12ClF4N5O2S. The van der Waals surface area contributed by atoms with E-state index in [2.05, 4.69) is 19.8 Å². The fourth-order valence-electron chi connectivity index (χ4n) is 2.71. The summed E-state index contributed by atoms with van der Waals surface area (Å²) in [4.78, 5) is 16.5. The summed E-state index contributed by atoms with van der Waals surface area (Å²) in [7, 11) is 0. The number of pyridine rings is 1. The van der Waals surface area contributed by atoms with Gasteiger partial charge in [0.2, 0.25) is 5.95 Å². The average molecular weight is 462 g/mol. The summed E-state index contributed by atoms with van der Waals surface area (Å²) < 4.78 is 58.3. The molecule has 7 nitrogen and oxygen atoms in total. The van der Waals surface area contributed by atoms with Crippen molar-refractivity contribution in [3.05, 3.63) is 46.3 Å². The molecule has 1 aliphatic rings. The third-order valence-corrected chi connectivity index (χ3v) is 5.33. The smallest absolute Gasteiger partial charge is 0.331 e. The van der Waals surface area contributed by atoms with Crippen molar-refractivity contribution in [3.63, 3.8) is 0 Å². The van der Waals surface area contributed by atoms with Crippen molar-refractivity contribution in [1.82, 2.24) is 14.3 Å². The predicted molar refractivity (Wildman–Crippen MR) is 101 cm³/mol. The van der Waals surface area contributed by atoms with Crippen LogP contribution in [0.1, 0.15) is 28.8 Å². The molecule has 2 aromatic rings. The molecule has 0 spiro atoms. The molecule has 0 bridgehead atoms. The molecule has 13 heteroatoms. The molecule has 1 atom stereocenters. The Labute approximate surface area is 176 Å². The zero-order chi connectivity index (χ0) is 22.1. The van der Waals surface area contributed by atoms with Crippen LogP contribution in [0.2, 0.25) is 5.02 Å². The number of rotatable bonds is 6. The maximum atomic E-state index is 13.5. The van der Waals surface area contributed by atoms with Crippen LogP contribution in [0, 0.1) is 17.3 Å². The first-order chi connectivity index (χ1) is 14.1. The summed E-state index contributed by atoms with van der Waals surface area (Å²) in [5.74, 6) is -1.64. The van der Waals surface area contributed by atoms with E-state index in [1.54, 1.807) is 22.8 Å². The Kier molecular flexibility index (Phi) is 6.37. The van der Waals surface area contributed by atoms with Crippen molar-refractivity contribution in [2.75, 3.05) is 5.32 Å². The molecule has 2 N–H and O–H groups in total. The zero-order valence-corrected chi connectivity index (χ0v) is 16.6. The number of ether oxygens (including phenoxy) is 1. The first-order valence-corrected chi connectivity index (χ1v) is 9.43. The number of carbonyl (C=O) groups excluding carboxylic acids is 1. The number of alkyl halides is 3. The van der Waals surface area contributed by atoms with E-state index in [9.17, 15) is 22.4 Å². The molecule has 30 heavy (non-hydrogen) atoms. The Balaban J connectivity index is 1.83. The molecule has 0 aliphatic carbocycles. The minimum absolute atomic E-state index is 0.00107. The van der Waals surface area contributed by atoms with E-state index in [0.29, 0.717) is 17.1 Å². The van der Waals surface area contributed by atoms with E-state index >= 15 is 0 Å². The van der Waals surface area contributed by atoms with E-state index in [1.165, 1.54) is 13.0 Å². The molecule has 0 saturated heterocycles. The molecule has 0 radical (unpaired) electrons. The van der Waals surface area contributed by atoms with Crippen molar-refractivity contribution in [2.24, 2.45) is 0 Å². The maximum absolute atomic E-state index is 13.5. The van der Waals surface area contributed by atoms with E-state index in [1.807, 2.05) is 0 Å². The lowest BCUT2D eigenvalue weighted by Crippen LogP contribution is -2.29. The number of amides is 1. The molecule has 1 aliphatic heterocycles. The van der Waals surface area contributed by atoms with Gasteiger partial charge in [0, 0.05) is 18.3 Å². The largest absolute Gasteiger partial charge is 0.524 e. The first kappa shape index (κ1) is 22.1. The Morgan fingerprint density at radius 1 is 1.47 bits per heavy atom. The SMILES string of the molecule is CC(NSc1c(Cl)c(C(=O)Nc2cc(F)nc(C#N)c2)n2c1C=CC2)OC(F)(F)F. The van der Waals surface area contributed by atoms with Crippen LogP contribution in [0.25, 0.3) is 6.08 Å². The van der Waals surface area contributed by atoms with E-state index in [0.717, 1.165) is 18.0 Å².